The number of halogens is 2. The van der Waals surface area contributed by atoms with Crippen LogP contribution in [-0.2, 0) is 10.1 Å². The molecule has 0 spiro atoms. The second-order valence-corrected chi connectivity index (χ2v) is 10.1. The molecule has 0 aromatic heterocycles. The zero-order valence-electron chi connectivity index (χ0n) is 15.5. The minimum Gasteiger partial charge on any atom is -0.368 e. The third-order valence-electron chi connectivity index (χ3n) is 5.91. The SMILES string of the molecule is O=S(=O)(O)CC1CCC(CCN2CCN(c3cccc(Cl)c3Cl)CC2)CC1. The Bertz CT molecular complexity index is 728. The Labute approximate surface area is 172 Å². The average Bonchev–Trinajstić information content (AvgIpc) is 2.63. The van der Waals surface area contributed by atoms with Gasteiger partial charge in [-0.2, -0.15) is 8.42 Å². The molecule has 2 fully saturated rings. The lowest BCUT2D eigenvalue weighted by atomic mass is 9.81. The number of rotatable bonds is 6. The topological polar surface area (TPSA) is 60.9 Å². The quantitative estimate of drug-likeness (QED) is 0.679. The van der Waals surface area contributed by atoms with Gasteiger partial charge in [-0.25, -0.2) is 0 Å². The molecule has 2 aliphatic rings. The van der Waals surface area contributed by atoms with Crippen molar-refractivity contribution in [1.29, 1.82) is 0 Å². The van der Waals surface area contributed by atoms with Crippen LogP contribution in [0.4, 0.5) is 5.69 Å². The van der Waals surface area contributed by atoms with Crippen molar-refractivity contribution in [2.75, 3.05) is 43.4 Å². The summed E-state index contributed by atoms with van der Waals surface area (Å²) in [6.07, 6.45) is 5.12. The van der Waals surface area contributed by atoms with Gasteiger partial charge in [0.2, 0.25) is 0 Å². The lowest BCUT2D eigenvalue weighted by Crippen LogP contribution is -2.47. The monoisotopic (exact) mass is 434 g/mol. The van der Waals surface area contributed by atoms with Gasteiger partial charge in [0.1, 0.15) is 0 Å². The summed E-state index contributed by atoms with van der Waals surface area (Å²) in [5.41, 5.74) is 1.01. The molecule has 1 aliphatic carbocycles. The predicted octanol–water partition coefficient (Wildman–Crippen LogP) is 4.20. The van der Waals surface area contributed by atoms with Crippen molar-refractivity contribution in [1.82, 2.24) is 4.90 Å². The van der Waals surface area contributed by atoms with Gasteiger partial charge in [0.15, 0.2) is 0 Å². The van der Waals surface area contributed by atoms with Gasteiger partial charge in [-0.15, -0.1) is 0 Å². The van der Waals surface area contributed by atoms with Gasteiger partial charge >= 0.3 is 0 Å². The van der Waals surface area contributed by atoms with Crippen LogP contribution in [0.2, 0.25) is 10.0 Å². The largest absolute Gasteiger partial charge is 0.368 e. The predicted molar refractivity (Wildman–Crippen MR) is 112 cm³/mol. The first-order chi connectivity index (χ1) is 12.8. The lowest BCUT2D eigenvalue weighted by molar-refractivity contribution is 0.208. The van der Waals surface area contributed by atoms with Crippen LogP contribution in [0.25, 0.3) is 0 Å². The molecule has 0 radical (unpaired) electrons. The van der Waals surface area contributed by atoms with E-state index in [-0.39, 0.29) is 11.7 Å². The fraction of sp³-hybridized carbons (Fsp3) is 0.684. The zero-order chi connectivity index (χ0) is 19.4. The maximum atomic E-state index is 11.0. The number of benzene rings is 1. The van der Waals surface area contributed by atoms with E-state index in [0.29, 0.717) is 16.0 Å². The second kappa shape index (κ2) is 9.31. The summed E-state index contributed by atoms with van der Waals surface area (Å²) in [7, 11) is -3.84. The summed E-state index contributed by atoms with van der Waals surface area (Å²) >= 11 is 12.5. The van der Waals surface area contributed by atoms with Crippen molar-refractivity contribution in [2.24, 2.45) is 11.8 Å². The maximum Gasteiger partial charge on any atom is 0.265 e. The molecule has 0 unspecified atom stereocenters. The average molecular weight is 435 g/mol. The third-order valence-corrected chi connectivity index (χ3v) is 7.61. The van der Waals surface area contributed by atoms with Gasteiger partial charge < -0.3 is 4.90 Å². The molecule has 152 valence electrons. The number of piperazine rings is 1. The first-order valence-corrected chi connectivity index (χ1v) is 12.0. The molecular weight excluding hydrogens is 407 g/mol. The van der Waals surface area contributed by atoms with Crippen LogP contribution >= 0.6 is 23.2 Å². The van der Waals surface area contributed by atoms with E-state index in [1.54, 1.807) is 0 Å². The van der Waals surface area contributed by atoms with Gasteiger partial charge in [0, 0.05) is 26.2 Å². The van der Waals surface area contributed by atoms with E-state index in [1.165, 1.54) is 0 Å². The molecular formula is C19H28Cl2N2O3S. The van der Waals surface area contributed by atoms with E-state index in [9.17, 15) is 8.42 Å². The fourth-order valence-corrected chi connectivity index (χ4v) is 5.64. The van der Waals surface area contributed by atoms with Crippen molar-refractivity contribution in [2.45, 2.75) is 32.1 Å². The molecule has 0 atom stereocenters. The molecule has 0 bridgehead atoms. The molecule has 5 nitrogen and oxygen atoms in total. The minimum atomic E-state index is -3.84. The van der Waals surface area contributed by atoms with Gasteiger partial charge in [-0.3, -0.25) is 9.45 Å². The fourth-order valence-electron chi connectivity index (χ4n) is 4.30. The molecule has 1 aliphatic heterocycles. The van der Waals surface area contributed by atoms with Crippen molar-refractivity contribution in [3.8, 4) is 0 Å². The summed E-state index contributed by atoms with van der Waals surface area (Å²) in [4.78, 5) is 4.80. The molecule has 1 saturated carbocycles. The van der Waals surface area contributed by atoms with Gasteiger partial charge in [-0.05, 0) is 49.8 Å². The van der Waals surface area contributed by atoms with E-state index in [4.69, 9.17) is 27.8 Å². The highest BCUT2D eigenvalue weighted by Crippen LogP contribution is 2.34. The summed E-state index contributed by atoms with van der Waals surface area (Å²) in [5, 5.41) is 1.23. The second-order valence-electron chi connectivity index (χ2n) is 7.83. The number of hydrogen-bond acceptors (Lipinski definition) is 4. The molecule has 0 amide bonds. The van der Waals surface area contributed by atoms with Gasteiger partial charge in [0.05, 0.1) is 21.5 Å². The standard InChI is InChI=1S/C19H28Cl2N2O3S/c20-17-2-1-3-18(19(17)21)23-12-10-22(11-13-23)9-8-15-4-6-16(7-5-15)14-27(24,25)26/h1-3,15-16H,4-14H2,(H,24,25,26). The minimum absolute atomic E-state index is 0.0757. The summed E-state index contributed by atoms with van der Waals surface area (Å²) in [6, 6.07) is 5.78. The molecule has 1 heterocycles. The number of hydrogen-bond donors (Lipinski definition) is 1. The van der Waals surface area contributed by atoms with Crippen LogP contribution in [-0.4, -0.2) is 56.3 Å². The normalized spacial score (nSPS) is 24.9. The highest BCUT2D eigenvalue weighted by atomic mass is 35.5. The van der Waals surface area contributed by atoms with E-state index < -0.39 is 10.1 Å². The molecule has 3 rings (SSSR count). The van der Waals surface area contributed by atoms with Crippen molar-refractivity contribution >= 4 is 39.0 Å². The van der Waals surface area contributed by atoms with Crippen LogP contribution in [0.3, 0.4) is 0 Å². The van der Waals surface area contributed by atoms with Crippen molar-refractivity contribution < 1.29 is 13.0 Å². The highest BCUT2D eigenvalue weighted by Gasteiger charge is 2.26. The van der Waals surface area contributed by atoms with Gasteiger partial charge in [-0.1, -0.05) is 42.1 Å². The Hall–Kier alpha value is -0.530. The number of anilines is 1. The summed E-state index contributed by atoms with van der Waals surface area (Å²) in [5.74, 6) is 0.721. The zero-order valence-corrected chi connectivity index (χ0v) is 17.8. The molecule has 1 aromatic carbocycles. The Morgan fingerprint density at radius 1 is 1.00 bits per heavy atom. The Balaban J connectivity index is 1.39. The van der Waals surface area contributed by atoms with Crippen LogP contribution in [0.1, 0.15) is 32.1 Å². The number of nitrogens with zero attached hydrogens (tertiary/aromatic N) is 2. The Kier molecular flexibility index (Phi) is 7.31. The van der Waals surface area contributed by atoms with Crippen LogP contribution in [0.5, 0.6) is 0 Å². The third kappa shape index (κ3) is 6.23. The highest BCUT2D eigenvalue weighted by molar-refractivity contribution is 7.85. The molecule has 1 saturated heterocycles. The molecule has 1 N–H and O–H groups in total. The Morgan fingerprint density at radius 2 is 1.63 bits per heavy atom. The van der Waals surface area contributed by atoms with E-state index in [1.807, 2.05) is 18.2 Å². The van der Waals surface area contributed by atoms with Crippen molar-refractivity contribution in [3.63, 3.8) is 0 Å². The lowest BCUT2D eigenvalue weighted by Gasteiger charge is -2.37. The molecule has 27 heavy (non-hydrogen) atoms. The van der Waals surface area contributed by atoms with Crippen LogP contribution in [0, 0.1) is 11.8 Å². The van der Waals surface area contributed by atoms with E-state index in [2.05, 4.69) is 9.80 Å². The van der Waals surface area contributed by atoms with Crippen molar-refractivity contribution in [3.05, 3.63) is 28.2 Å². The summed E-state index contributed by atoms with van der Waals surface area (Å²) < 4.78 is 31.0. The summed E-state index contributed by atoms with van der Waals surface area (Å²) in [6.45, 7) is 5.01. The molecule has 1 aromatic rings. The maximum absolute atomic E-state index is 11.0. The first kappa shape index (κ1) is 21.2. The van der Waals surface area contributed by atoms with Crippen LogP contribution in [0.15, 0.2) is 18.2 Å². The van der Waals surface area contributed by atoms with E-state index >= 15 is 0 Å². The first-order valence-electron chi connectivity index (χ1n) is 9.68. The van der Waals surface area contributed by atoms with Gasteiger partial charge in [0.25, 0.3) is 10.1 Å². The van der Waals surface area contributed by atoms with E-state index in [0.717, 1.165) is 70.5 Å². The molecule has 8 heteroatoms. The Morgan fingerprint density at radius 3 is 2.26 bits per heavy atom. The van der Waals surface area contributed by atoms with Crippen LogP contribution < -0.4 is 4.90 Å². The smallest absolute Gasteiger partial charge is 0.265 e.